The van der Waals surface area contributed by atoms with E-state index in [4.69, 9.17) is 0 Å². The average Bonchev–Trinajstić information content (AvgIpc) is 2.80. The fourth-order valence-corrected chi connectivity index (χ4v) is 4.07. The monoisotopic (exact) mass is 429 g/mol. The van der Waals surface area contributed by atoms with E-state index in [0.717, 1.165) is 17.0 Å². The minimum Gasteiger partial charge on any atom is -0.205 e. The molecule has 0 N–H and O–H groups in total. The van der Waals surface area contributed by atoms with Gasteiger partial charge in [-0.05, 0) is 86.3 Å². The molecule has 0 radical (unpaired) electrons. The highest BCUT2D eigenvalue weighted by Gasteiger charge is 2.19. The van der Waals surface area contributed by atoms with Crippen molar-refractivity contribution in [1.29, 1.82) is 0 Å². The van der Waals surface area contributed by atoms with E-state index in [1.807, 2.05) is 24.3 Å². The summed E-state index contributed by atoms with van der Waals surface area (Å²) in [5.74, 6) is 13.9. The van der Waals surface area contributed by atoms with E-state index in [0.29, 0.717) is 11.5 Å². The van der Waals surface area contributed by atoms with Crippen molar-refractivity contribution in [2.45, 2.75) is 58.3 Å². The predicted octanol–water partition coefficient (Wildman–Crippen LogP) is 7.70. The number of rotatable bonds is 5. The van der Waals surface area contributed by atoms with Crippen molar-refractivity contribution in [2.24, 2.45) is 16.8 Å². The second-order valence-corrected chi connectivity index (χ2v) is 8.36. The van der Waals surface area contributed by atoms with Crippen LogP contribution >= 0.6 is 12.2 Å². The van der Waals surface area contributed by atoms with E-state index in [-0.39, 0.29) is 5.69 Å². The molecule has 1 aliphatic carbocycles. The molecule has 0 heterocycles. The quantitative estimate of drug-likeness (QED) is 0.205. The summed E-state index contributed by atoms with van der Waals surface area (Å²) in [6.07, 6.45) is 10.6. The lowest BCUT2D eigenvalue weighted by Gasteiger charge is -2.25. The Balaban J connectivity index is 1.54. The molecular weight excluding hydrogens is 401 g/mol. The maximum atomic E-state index is 13.9. The molecule has 31 heavy (non-hydrogen) atoms. The number of hydrogen-bond donors (Lipinski definition) is 0. The van der Waals surface area contributed by atoms with E-state index >= 15 is 0 Å². The van der Waals surface area contributed by atoms with Crippen LogP contribution in [0.4, 0.5) is 10.1 Å². The Kier molecular flexibility index (Phi) is 9.05. The minimum atomic E-state index is -0.454. The van der Waals surface area contributed by atoms with Crippen LogP contribution in [0, 0.1) is 41.3 Å². The maximum Gasteiger partial charge on any atom is 0.150 e. The Labute approximate surface area is 191 Å². The molecule has 2 aromatic carbocycles. The van der Waals surface area contributed by atoms with Gasteiger partial charge in [0, 0.05) is 22.6 Å². The zero-order valence-electron chi connectivity index (χ0n) is 18.1. The standard InChI is InChI=1S/C28H28FNS/c1-2-3-4-5-22-6-8-23(9-7-22)10-11-24-12-14-25(15-13-24)16-17-26-18-19-28(30-21-31)27(29)20-26/h12-15,18-20,22-23H,2-9H2,1H3. The first kappa shape index (κ1) is 23.0. The third kappa shape index (κ3) is 7.48. The van der Waals surface area contributed by atoms with Crippen LogP contribution in [-0.2, 0) is 0 Å². The number of nitrogens with zero attached hydrogens (tertiary/aromatic N) is 1. The molecule has 1 aliphatic rings. The first-order chi connectivity index (χ1) is 15.2. The van der Waals surface area contributed by atoms with Gasteiger partial charge in [-0.25, -0.2) is 4.39 Å². The van der Waals surface area contributed by atoms with Gasteiger partial charge >= 0.3 is 0 Å². The number of thiocarbonyl (C=S) groups is 1. The summed E-state index contributed by atoms with van der Waals surface area (Å²) in [6.45, 7) is 2.27. The van der Waals surface area contributed by atoms with Crippen LogP contribution < -0.4 is 0 Å². The molecule has 3 rings (SSSR count). The van der Waals surface area contributed by atoms with Gasteiger partial charge in [-0.3, -0.25) is 0 Å². The van der Waals surface area contributed by atoms with E-state index in [1.165, 1.54) is 57.4 Å². The summed E-state index contributed by atoms with van der Waals surface area (Å²) < 4.78 is 13.9. The lowest BCUT2D eigenvalue weighted by Crippen LogP contribution is -2.13. The van der Waals surface area contributed by atoms with E-state index in [2.05, 4.69) is 53.0 Å². The van der Waals surface area contributed by atoms with Crippen molar-refractivity contribution >= 4 is 23.1 Å². The highest BCUT2D eigenvalue weighted by molar-refractivity contribution is 7.78. The van der Waals surface area contributed by atoms with Crippen LogP contribution in [0.25, 0.3) is 0 Å². The predicted molar refractivity (Wildman–Crippen MR) is 130 cm³/mol. The molecule has 0 spiro atoms. The van der Waals surface area contributed by atoms with Crippen LogP contribution in [0.15, 0.2) is 47.5 Å². The van der Waals surface area contributed by atoms with E-state index < -0.39 is 5.82 Å². The van der Waals surface area contributed by atoms with Gasteiger partial charge < -0.3 is 0 Å². The maximum absolute atomic E-state index is 13.9. The molecule has 2 aromatic rings. The van der Waals surface area contributed by atoms with Gasteiger partial charge in [0.1, 0.15) is 5.69 Å². The van der Waals surface area contributed by atoms with Crippen LogP contribution in [0.5, 0.6) is 0 Å². The number of unbranched alkanes of at least 4 members (excludes halogenated alkanes) is 2. The largest absolute Gasteiger partial charge is 0.205 e. The van der Waals surface area contributed by atoms with Gasteiger partial charge in [0.2, 0.25) is 0 Å². The van der Waals surface area contributed by atoms with Gasteiger partial charge in [-0.1, -0.05) is 56.3 Å². The van der Waals surface area contributed by atoms with Crippen LogP contribution in [0.3, 0.4) is 0 Å². The third-order valence-corrected chi connectivity index (χ3v) is 5.92. The Morgan fingerprint density at radius 2 is 1.55 bits per heavy atom. The number of hydrogen-bond acceptors (Lipinski definition) is 2. The van der Waals surface area contributed by atoms with Gasteiger partial charge in [0.05, 0.1) is 5.16 Å². The zero-order valence-corrected chi connectivity index (χ0v) is 18.9. The van der Waals surface area contributed by atoms with Crippen molar-refractivity contribution in [3.05, 3.63) is 65.0 Å². The van der Waals surface area contributed by atoms with Crippen LogP contribution in [-0.4, -0.2) is 5.16 Å². The lowest BCUT2D eigenvalue weighted by molar-refractivity contribution is 0.294. The first-order valence-electron chi connectivity index (χ1n) is 11.2. The molecule has 0 unspecified atom stereocenters. The molecular formula is C28H28FNS. The van der Waals surface area contributed by atoms with Gasteiger partial charge in [0.25, 0.3) is 0 Å². The highest BCUT2D eigenvalue weighted by atomic mass is 32.1. The fraction of sp³-hybridized carbons (Fsp3) is 0.393. The molecule has 0 amide bonds. The summed E-state index contributed by atoms with van der Waals surface area (Å²) in [7, 11) is 0. The van der Waals surface area contributed by atoms with Crippen LogP contribution in [0.2, 0.25) is 0 Å². The summed E-state index contributed by atoms with van der Waals surface area (Å²) in [5.41, 5.74) is 2.66. The second-order valence-electron chi connectivity index (χ2n) is 8.18. The van der Waals surface area contributed by atoms with Gasteiger partial charge in [-0.15, -0.1) is 0 Å². The minimum absolute atomic E-state index is 0.174. The number of aliphatic imine (C=N–C) groups is 1. The Bertz CT molecular complexity index is 1030. The van der Waals surface area contributed by atoms with Crippen LogP contribution in [0.1, 0.15) is 75.0 Å². The molecule has 1 fully saturated rings. The van der Waals surface area contributed by atoms with Crippen molar-refractivity contribution in [3.63, 3.8) is 0 Å². The Morgan fingerprint density at radius 3 is 2.19 bits per heavy atom. The van der Waals surface area contributed by atoms with Crippen molar-refractivity contribution in [3.8, 4) is 23.7 Å². The van der Waals surface area contributed by atoms with E-state index in [1.54, 1.807) is 12.1 Å². The Hall–Kier alpha value is -2.71. The summed E-state index contributed by atoms with van der Waals surface area (Å²) in [6, 6.07) is 12.6. The van der Waals surface area contributed by atoms with Crippen molar-refractivity contribution in [2.75, 3.05) is 0 Å². The molecule has 0 atom stereocenters. The normalized spacial score (nSPS) is 17.5. The third-order valence-electron chi connectivity index (χ3n) is 5.83. The summed E-state index contributed by atoms with van der Waals surface area (Å²) >= 11 is 4.51. The number of halogens is 1. The number of isothiocyanates is 1. The SMILES string of the molecule is CCCCCC1CCC(C#Cc2ccc(C#Cc3ccc(N=C=S)c(F)c3)cc2)CC1. The smallest absolute Gasteiger partial charge is 0.150 e. The van der Waals surface area contributed by atoms with E-state index in [9.17, 15) is 4.39 Å². The zero-order chi connectivity index (χ0) is 21.9. The molecule has 0 saturated heterocycles. The average molecular weight is 430 g/mol. The molecule has 0 aliphatic heterocycles. The summed E-state index contributed by atoms with van der Waals surface area (Å²) in [5, 5.41) is 2.17. The highest BCUT2D eigenvalue weighted by Crippen LogP contribution is 2.31. The summed E-state index contributed by atoms with van der Waals surface area (Å²) in [4.78, 5) is 3.67. The molecule has 158 valence electrons. The first-order valence-corrected chi connectivity index (χ1v) is 11.6. The number of benzene rings is 2. The Morgan fingerprint density at radius 1 is 0.903 bits per heavy atom. The van der Waals surface area contributed by atoms with Crippen molar-refractivity contribution < 1.29 is 4.39 Å². The molecule has 3 heteroatoms. The van der Waals surface area contributed by atoms with Gasteiger partial charge in [0.15, 0.2) is 5.82 Å². The van der Waals surface area contributed by atoms with Gasteiger partial charge in [-0.2, -0.15) is 4.99 Å². The topological polar surface area (TPSA) is 12.4 Å². The molecule has 1 nitrogen and oxygen atoms in total. The molecule has 1 saturated carbocycles. The lowest BCUT2D eigenvalue weighted by atomic mass is 9.80. The molecule has 0 aromatic heterocycles. The molecule has 0 bridgehead atoms. The fourth-order valence-electron chi connectivity index (χ4n) is 3.97. The van der Waals surface area contributed by atoms with Crippen molar-refractivity contribution in [1.82, 2.24) is 0 Å². The second kappa shape index (κ2) is 12.2.